The summed E-state index contributed by atoms with van der Waals surface area (Å²) in [6.45, 7) is 2.96. The topological polar surface area (TPSA) is 119 Å². The predicted molar refractivity (Wildman–Crippen MR) is 86.9 cm³/mol. The number of benzene rings is 1. The van der Waals surface area contributed by atoms with Crippen molar-refractivity contribution in [3.63, 3.8) is 0 Å². The maximum Gasteiger partial charge on any atom is 0.290 e. The number of amides is 1. The highest BCUT2D eigenvalue weighted by molar-refractivity contribution is 6.07. The van der Waals surface area contributed by atoms with E-state index >= 15 is 0 Å². The quantitative estimate of drug-likeness (QED) is 0.604. The molecule has 3 aliphatic rings. The standard InChI is InChI=1S/C15H18N4O2.CH2O2/c20-12-3-1-2-10-13(12)14(18-17-10)15(21)16-11-8-19-6-4-9(11)5-7-19;2-1-3/h1-3,9,11,20H,4-8H2,(H,16,21)(H,17,18);1H,(H,2,3)/t11-;/m1./s1. The number of carbonyl (C=O) groups is 2. The van der Waals surface area contributed by atoms with Crippen LogP contribution < -0.4 is 5.32 Å². The molecule has 128 valence electrons. The number of nitrogens with zero attached hydrogens (tertiary/aromatic N) is 2. The van der Waals surface area contributed by atoms with Crippen molar-refractivity contribution in [3.05, 3.63) is 23.9 Å². The first-order valence-electron chi connectivity index (χ1n) is 7.91. The lowest BCUT2D eigenvalue weighted by Crippen LogP contribution is -2.57. The fourth-order valence-corrected chi connectivity index (χ4v) is 3.58. The van der Waals surface area contributed by atoms with Crippen molar-refractivity contribution < 1.29 is 19.8 Å². The number of fused-ring (bicyclic) bond motifs is 4. The minimum absolute atomic E-state index is 0.0836. The molecule has 1 aromatic heterocycles. The number of piperidine rings is 3. The molecule has 0 saturated carbocycles. The van der Waals surface area contributed by atoms with Gasteiger partial charge in [0.25, 0.3) is 12.4 Å². The average Bonchev–Trinajstić information content (AvgIpc) is 3.02. The Hall–Kier alpha value is -2.61. The number of nitrogens with one attached hydrogen (secondary N) is 2. The van der Waals surface area contributed by atoms with E-state index in [0.717, 1.165) is 32.5 Å². The lowest BCUT2D eigenvalue weighted by Gasteiger charge is -2.44. The molecule has 24 heavy (non-hydrogen) atoms. The number of H-pyrrole nitrogens is 1. The fraction of sp³-hybridized carbons (Fsp3) is 0.438. The molecular formula is C16H20N4O4. The molecule has 3 saturated heterocycles. The van der Waals surface area contributed by atoms with Crippen molar-refractivity contribution >= 4 is 23.3 Å². The molecule has 5 rings (SSSR count). The van der Waals surface area contributed by atoms with E-state index in [9.17, 15) is 9.90 Å². The van der Waals surface area contributed by atoms with Crippen molar-refractivity contribution in [1.82, 2.24) is 20.4 Å². The number of rotatable bonds is 2. The molecule has 8 heteroatoms. The van der Waals surface area contributed by atoms with Crippen molar-refractivity contribution in [2.75, 3.05) is 19.6 Å². The Morgan fingerprint density at radius 3 is 2.71 bits per heavy atom. The summed E-state index contributed by atoms with van der Waals surface area (Å²) in [5, 5.41) is 27.3. The molecule has 4 heterocycles. The molecular weight excluding hydrogens is 312 g/mol. The largest absolute Gasteiger partial charge is 0.507 e. The van der Waals surface area contributed by atoms with Gasteiger partial charge in [0, 0.05) is 12.6 Å². The molecule has 1 atom stereocenters. The first kappa shape index (κ1) is 16.3. The molecule has 1 amide bonds. The summed E-state index contributed by atoms with van der Waals surface area (Å²) in [5.74, 6) is 0.444. The van der Waals surface area contributed by atoms with Crippen LogP contribution in [0, 0.1) is 5.92 Å². The van der Waals surface area contributed by atoms with Crippen LogP contribution in [0.1, 0.15) is 23.3 Å². The number of hydrogen-bond acceptors (Lipinski definition) is 5. The van der Waals surface area contributed by atoms with Gasteiger partial charge in [-0.15, -0.1) is 0 Å². The van der Waals surface area contributed by atoms with Crippen LogP contribution in [0.15, 0.2) is 18.2 Å². The normalized spacial score (nSPS) is 24.9. The first-order valence-corrected chi connectivity index (χ1v) is 7.91. The summed E-state index contributed by atoms with van der Waals surface area (Å²) in [7, 11) is 0. The fourth-order valence-electron chi connectivity index (χ4n) is 3.58. The second-order valence-electron chi connectivity index (χ2n) is 6.10. The summed E-state index contributed by atoms with van der Waals surface area (Å²) < 4.78 is 0. The third-order valence-corrected chi connectivity index (χ3v) is 4.76. The van der Waals surface area contributed by atoms with Crippen molar-refractivity contribution in [1.29, 1.82) is 0 Å². The summed E-state index contributed by atoms with van der Waals surface area (Å²) >= 11 is 0. The van der Waals surface area contributed by atoms with Gasteiger partial charge in [0.2, 0.25) is 0 Å². The van der Waals surface area contributed by atoms with E-state index in [0.29, 0.717) is 16.8 Å². The SMILES string of the molecule is O=C(N[C@@H]1CN2CCC1CC2)c1n[nH]c2cccc(O)c12.O=CO. The maximum absolute atomic E-state index is 12.5. The third-order valence-electron chi connectivity index (χ3n) is 4.76. The lowest BCUT2D eigenvalue weighted by atomic mass is 9.84. The maximum atomic E-state index is 12.5. The summed E-state index contributed by atoms with van der Waals surface area (Å²) in [4.78, 5) is 23.2. The highest BCUT2D eigenvalue weighted by Gasteiger charge is 2.35. The minimum Gasteiger partial charge on any atom is -0.507 e. The van der Waals surface area contributed by atoms with Gasteiger partial charge in [0.05, 0.1) is 10.9 Å². The predicted octanol–water partition coefficient (Wildman–Crippen LogP) is 0.793. The Balaban J connectivity index is 0.000000526. The van der Waals surface area contributed by atoms with E-state index < -0.39 is 0 Å². The van der Waals surface area contributed by atoms with Crippen LogP contribution in [-0.4, -0.2) is 63.4 Å². The zero-order valence-corrected chi connectivity index (χ0v) is 13.1. The molecule has 0 radical (unpaired) electrons. The summed E-state index contributed by atoms with van der Waals surface area (Å²) in [6, 6.07) is 5.29. The van der Waals surface area contributed by atoms with Gasteiger partial charge < -0.3 is 20.4 Å². The highest BCUT2D eigenvalue weighted by atomic mass is 16.3. The van der Waals surface area contributed by atoms with E-state index in [4.69, 9.17) is 9.90 Å². The Labute approximate surface area is 138 Å². The lowest BCUT2D eigenvalue weighted by molar-refractivity contribution is -0.122. The van der Waals surface area contributed by atoms with Crippen LogP contribution in [0.3, 0.4) is 0 Å². The Bertz CT molecular complexity index is 737. The van der Waals surface area contributed by atoms with Gasteiger partial charge in [-0.05, 0) is 44.0 Å². The van der Waals surface area contributed by atoms with E-state index in [-0.39, 0.29) is 29.9 Å². The molecule has 2 aromatic rings. The number of phenolic OH excluding ortho intramolecular Hbond substituents is 1. The van der Waals surface area contributed by atoms with E-state index in [1.807, 2.05) is 0 Å². The van der Waals surface area contributed by atoms with Gasteiger partial charge in [0.15, 0.2) is 5.69 Å². The zero-order chi connectivity index (χ0) is 17.1. The number of aromatic nitrogens is 2. The molecule has 2 bridgehead atoms. The van der Waals surface area contributed by atoms with E-state index in [1.165, 1.54) is 0 Å². The van der Waals surface area contributed by atoms with Crippen LogP contribution >= 0.6 is 0 Å². The van der Waals surface area contributed by atoms with Gasteiger partial charge in [0.1, 0.15) is 5.75 Å². The number of carboxylic acid groups (broad SMARTS) is 1. The number of carbonyl (C=O) groups excluding carboxylic acids is 1. The molecule has 1 aromatic carbocycles. The number of phenols is 1. The monoisotopic (exact) mass is 332 g/mol. The van der Waals surface area contributed by atoms with Crippen LogP contribution in [-0.2, 0) is 4.79 Å². The van der Waals surface area contributed by atoms with Crippen LogP contribution in [0.5, 0.6) is 5.75 Å². The molecule has 3 aliphatic heterocycles. The Morgan fingerprint density at radius 1 is 1.38 bits per heavy atom. The first-order chi connectivity index (χ1) is 11.6. The van der Waals surface area contributed by atoms with Crippen molar-refractivity contribution in [2.24, 2.45) is 5.92 Å². The smallest absolute Gasteiger partial charge is 0.290 e. The van der Waals surface area contributed by atoms with Crippen molar-refractivity contribution in [3.8, 4) is 5.75 Å². The molecule has 4 N–H and O–H groups in total. The van der Waals surface area contributed by atoms with Gasteiger partial charge >= 0.3 is 0 Å². The van der Waals surface area contributed by atoms with Crippen LogP contribution in [0.25, 0.3) is 10.9 Å². The van der Waals surface area contributed by atoms with E-state index in [1.54, 1.807) is 18.2 Å². The second-order valence-corrected chi connectivity index (χ2v) is 6.10. The molecule has 8 nitrogen and oxygen atoms in total. The van der Waals surface area contributed by atoms with Gasteiger partial charge in [-0.2, -0.15) is 5.10 Å². The summed E-state index contributed by atoms with van der Waals surface area (Å²) in [6.07, 6.45) is 2.30. The van der Waals surface area contributed by atoms with Crippen LogP contribution in [0.4, 0.5) is 0 Å². The van der Waals surface area contributed by atoms with Crippen LogP contribution in [0.2, 0.25) is 0 Å². The average molecular weight is 332 g/mol. The molecule has 3 fully saturated rings. The highest BCUT2D eigenvalue weighted by Crippen LogP contribution is 2.29. The van der Waals surface area contributed by atoms with Gasteiger partial charge in [-0.1, -0.05) is 6.07 Å². The number of aromatic hydroxyl groups is 1. The van der Waals surface area contributed by atoms with Crippen molar-refractivity contribution in [2.45, 2.75) is 18.9 Å². The number of aromatic amines is 1. The minimum atomic E-state index is -0.250. The third kappa shape index (κ3) is 3.05. The zero-order valence-electron chi connectivity index (χ0n) is 13.1. The second kappa shape index (κ2) is 6.88. The molecule has 0 aliphatic carbocycles. The molecule has 0 spiro atoms. The summed E-state index contributed by atoms with van der Waals surface area (Å²) in [5.41, 5.74) is 0.952. The van der Waals surface area contributed by atoms with Gasteiger partial charge in [-0.3, -0.25) is 14.7 Å². The molecule has 0 unspecified atom stereocenters. The number of hydrogen-bond donors (Lipinski definition) is 4. The van der Waals surface area contributed by atoms with E-state index in [2.05, 4.69) is 20.4 Å². The van der Waals surface area contributed by atoms with Gasteiger partial charge in [-0.25, -0.2) is 0 Å². The Morgan fingerprint density at radius 2 is 2.08 bits per heavy atom. The Kier molecular flexibility index (Phi) is 4.66.